The van der Waals surface area contributed by atoms with E-state index in [1.54, 1.807) is 19.1 Å². The molecule has 26 heavy (non-hydrogen) atoms. The highest BCUT2D eigenvalue weighted by molar-refractivity contribution is 7.89. The molecule has 0 aromatic heterocycles. The van der Waals surface area contributed by atoms with E-state index < -0.39 is 34.9 Å². The number of sulfonamides is 1. The predicted molar refractivity (Wildman–Crippen MR) is 94.6 cm³/mol. The zero-order valence-electron chi connectivity index (χ0n) is 14.4. The maximum atomic E-state index is 12.9. The molecule has 2 aromatic rings. The largest absolute Gasteiger partial charge is 0.497 e. The second-order valence-corrected chi connectivity index (χ2v) is 7.43. The van der Waals surface area contributed by atoms with Crippen LogP contribution in [0.5, 0.6) is 5.75 Å². The lowest BCUT2D eigenvalue weighted by atomic mass is 10.2. The average Bonchev–Trinajstić information content (AvgIpc) is 2.61. The summed E-state index contributed by atoms with van der Waals surface area (Å²) >= 11 is 0. The molecular formula is C18H19NO6S. The number of rotatable bonds is 7. The number of ether oxygens (including phenoxy) is 1. The summed E-state index contributed by atoms with van der Waals surface area (Å²) in [6.07, 6.45) is -0.493. The first-order valence-corrected chi connectivity index (χ1v) is 9.19. The van der Waals surface area contributed by atoms with Gasteiger partial charge in [0.15, 0.2) is 0 Å². The van der Waals surface area contributed by atoms with Crippen LogP contribution < -0.4 is 4.74 Å². The van der Waals surface area contributed by atoms with Gasteiger partial charge in [-0.3, -0.25) is 9.59 Å². The summed E-state index contributed by atoms with van der Waals surface area (Å²) in [5.41, 5.74) is 0.981. The van der Waals surface area contributed by atoms with Crippen molar-refractivity contribution in [3.05, 3.63) is 59.7 Å². The minimum Gasteiger partial charge on any atom is -0.497 e. The molecule has 0 bridgehead atoms. The van der Waals surface area contributed by atoms with Gasteiger partial charge in [0.1, 0.15) is 5.75 Å². The Bertz CT molecular complexity index is 888. The number of carbonyl (C=O) groups excluding carboxylic acids is 1. The van der Waals surface area contributed by atoms with Gasteiger partial charge in [-0.15, -0.1) is 0 Å². The van der Waals surface area contributed by atoms with Crippen LogP contribution in [0.1, 0.15) is 22.3 Å². The molecule has 0 heterocycles. The molecule has 8 heteroatoms. The zero-order chi connectivity index (χ0) is 19.3. The summed E-state index contributed by atoms with van der Waals surface area (Å²) in [6.45, 7) is 1.34. The molecular weight excluding hydrogens is 358 g/mol. The minimum atomic E-state index is -4.19. The van der Waals surface area contributed by atoms with Crippen LogP contribution in [0.3, 0.4) is 0 Å². The number of nitrogens with zero attached hydrogens (tertiary/aromatic N) is 1. The van der Waals surface area contributed by atoms with Crippen LogP contribution in [0.25, 0.3) is 0 Å². The topological polar surface area (TPSA) is 101 Å². The molecule has 1 amide bonds. The summed E-state index contributed by atoms with van der Waals surface area (Å²) in [6, 6.07) is 11.9. The number of hydrogen-bond donors (Lipinski definition) is 1. The quantitative estimate of drug-likeness (QED) is 0.795. The van der Waals surface area contributed by atoms with Crippen molar-refractivity contribution in [3.8, 4) is 5.75 Å². The number of carbonyl (C=O) groups is 2. The molecule has 0 saturated carbocycles. The van der Waals surface area contributed by atoms with Crippen molar-refractivity contribution in [2.75, 3.05) is 13.7 Å². The average molecular weight is 377 g/mol. The fourth-order valence-electron chi connectivity index (χ4n) is 2.24. The van der Waals surface area contributed by atoms with Gasteiger partial charge in [0, 0.05) is 12.1 Å². The van der Waals surface area contributed by atoms with Gasteiger partial charge in [-0.1, -0.05) is 17.7 Å². The van der Waals surface area contributed by atoms with Crippen molar-refractivity contribution in [3.63, 3.8) is 0 Å². The van der Waals surface area contributed by atoms with Gasteiger partial charge in [0.2, 0.25) is 0 Å². The van der Waals surface area contributed by atoms with Crippen LogP contribution in [0.2, 0.25) is 0 Å². The van der Waals surface area contributed by atoms with Gasteiger partial charge < -0.3 is 9.84 Å². The minimum absolute atomic E-state index is 0.0737. The van der Waals surface area contributed by atoms with Gasteiger partial charge in [-0.25, -0.2) is 12.7 Å². The first-order chi connectivity index (χ1) is 12.3. The number of aliphatic carboxylic acids is 1. The van der Waals surface area contributed by atoms with E-state index in [9.17, 15) is 18.0 Å². The van der Waals surface area contributed by atoms with Crippen LogP contribution in [0.15, 0.2) is 53.4 Å². The van der Waals surface area contributed by atoms with Crippen LogP contribution >= 0.6 is 0 Å². The molecule has 0 atom stereocenters. The van der Waals surface area contributed by atoms with Crippen molar-refractivity contribution in [1.82, 2.24) is 4.31 Å². The van der Waals surface area contributed by atoms with Crippen LogP contribution in [0, 0.1) is 6.92 Å². The van der Waals surface area contributed by atoms with E-state index in [4.69, 9.17) is 9.84 Å². The van der Waals surface area contributed by atoms with Crippen LogP contribution in [-0.2, 0) is 14.8 Å². The number of benzene rings is 2. The molecule has 0 unspecified atom stereocenters. The number of hydrogen-bond acceptors (Lipinski definition) is 5. The summed E-state index contributed by atoms with van der Waals surface area (Å²) in [4.78, 5) is 23.6. The van der Waals surface area contributed by atoms with E-state index >= 15 is 0 Å². The molecule has 1 N–H and O–H groups in total. The zero-order valence-corrected chi connectivity index (χ0v) is 15.2. The van der Waals surface area contributed by atoms with E-state index in [1.807, 2.05) is 0 Å². The highest BCUT2D eigenvalue weighted by Crippen LogP contribution is 2.21. The van der Waals surface area contributed by atoms with Crippen LogP contribution in [0.4, 0.5) is 0 Å². The molecule has 138 valence electrons. The third kappa shape index (κ3) is 4.40. The Hall–Kier alpha value is -2.87. The fourth-order valence-corrected chi connectivity index (χ4v) is 3.63. The maximum absolute atomic E-state index is 12.9. The number of methoxy groups -OCH3 is 1. The Morgan fingerprint density at radius 3 is 2.12 bits per heavy atom. The summed E-state index contributed by atoms with van der Waals surface area (Å²) in [5.74, 6) is -1.48. The highest BCUT2D eigenvalue weighted by atomic mass is 32.2. The van der Waals surface area contributed by atoms with Gasteiger partial charge >= 0.3 is 5.97 Å². The number of aryl methyl sites for hydroxylation is 1. The Morgan fingerprint density at radius 2 is 1.62 bits per heavy atom. The standard InChI is InChI=1S/C18H19NO6S/c1-13-3-9-16(10-4-13)26(23,24)19(12-11-17(20)21)18(22)14-5-7-15(25-2)8-6-14/h3-10H,11-12H2,1-2H3,(H,20,21). The molecule has 0 saturated heterocycles. The summed E-state index contributed by atoms with van der Waals surface area (Å²) in [7, 11) is -2.72. The van der Waals surface area contributed by atoms with E-state index in [0.717, 1.165) is 5.56 Å². The van der Waals surface area contributed by atoms with E-state index in [0.29, 0.717) is 10.1 Å². The lowest BCUT2D eigenvalue weighted by Gasteiger charge is -2.22. The Balaban J connectivity index is 2.42. The maximum Gasteiger partial charge on any atom is 0.305 e. The molecule has 0 fully saturated rings. The lowest BCUT2D eigenvalue weighted by Crippen LogP contribution is -2.38. The molecule has 0 radical (unpaired) electrons. The van der Waals surface area contributed by atoms with Crippen molar-refractivity contribution in [2.24, 2.45) is 0 Å². The first-order valence-electron chi connectivity index (χ1n) is 7.75. The van der Waals surface area contributed by atoms with Gasteiger partial charge in [0.05, 0.1) is 18.4 Å². The number of carboxylic acid groups (broad SMARTS) is 1. The third-order valence-electron chi connectivity index (χ3n) is 3.70. The molecule has 0 aliphatic heterocycles. The van der Waals surface area contributed by atoms with E-state index in [2.05, 4.69) is 0 Å². The van der Waals surface area contributed by atoms with Gasteiger partial charge in [0.25, 0.3) is 15.9 Å². The second-order valence-electron chi connectivity index (χ2n) is 5.57. The van der Waals surface area contributed by atoms with E-state index in [-0.39, 0.29) is 10.5 Å². The molecule has 0 spiro atoms. The SMILES string of the molecule is COc1ccc(C(=O)N(CCC(=O)O)S(=O)(=O)c2ccc(C)cc2)cc1. The number of carboxylic acids is 1. The summed E-state index contributed by atoms with van der Waals surface area (Å²) < 4.78 is 31.4. The second kappa shape index (κ2) is 8.01. The van der Waals surface area contributed by atoms with Gasteiger partial charge in [-0.2, -0.15) is 0 Å². The van der Waals surface area contributed by atoms with Crippen molar-refractivity contribution in [2.45, 2.75) is 18.2 Å². The molecule has 7 nitrogen and oxygen atoms in total. The number of amides is 1. The van der Waals surface area contributed by atoms with E-state index in [1.165, 1.54) is 43.5 Å². The smallest absolute Gasteiger partial charge is 0.305 e. The normalized spacial score (nSPS) is 11.0. The van der Waals surface area contributed by atoms with Crippen molar-refractivity contribution in [1.29, 1.82) is 0 Å². The molecule has 0 aliphatic rings. The van der Waals surface area contributed by atoms with Crippen molar-refractivity contribution >= 4 is 21.9 Å². The molecule has 0 aliphatic carbocycles. The first kappa shape index (κ1) is 19.5. The Labute approximate surface area is 151 Å². The molecule has 2 aromatic carbocycles. The van der Waals surface area contributed by atoms with Crippen molar-refractivity contribution < 1.29 is 27.9 Å². The van der Waals surface area contributed by atoms with Gasteiger partial charge in [-0.05, 0) is 43.3 Å². The highest BCUT2D eigenvalue weighted by Gasteiger charge is 2.30. The fraction of sp³-hybridized carbons (Fsp3) is 0.222. The third-order valence-corrected chi connectivity index (χ3v) is 5.50. The Kier molecular flexibility index (Phi) is 5.99. The van der Waals surface area contributed by atoms with Crippen LogP contribution in [-0.4, -0.2) is 43.4 Å². The summed E-state index contributed by atoms with van der Waals surface area (Å²) in [5, 5.41) is 8.91. The lowest BCUT2D eigenvalue weighted by molar-refractivity contribution is -0.137. The monoisotopic (exact) mass is 377 g/mol. The predicted octanol–water partition coefficient (Wildman–Crippen LogP) is 2.31. The Morgan fingerprint density at radius 1 is 1.04 bits per heavy atom. The molecule has 2 rings (SSSR count).